The molecule has 3 nitrogen and oxygen atoms in total. The van der Waals surface area contributed by atoms with Gasteiger partial charge in [-0.25, -0.2) is 0 Å². The largest absolute Gasteiger partial charge is 0.497 e. The molecule has 78 valence electrons. The highest BCUT2D eigenvalue weighted by Crippen LogP contribution is 2.20. The molecule has 0 unspecified atom stereocenters. The van der Waals surface area contributed by atoms with Crippen LogP contribution in [0.2, 0.25) is 0 Å². The summed E-state index contributed by atoms with van der Waals surface area (Å²) in [6.45, 7) is 1.76. The van der Waals surface area contributed by atoms with Gasteiger partial charge in [-0.3, -0.25) is 4.79 Å². The molecule has 0 spiro atoms. The van der Waals surface area contributed by atoms with Crippen molar-refractivity contribution in [2.24, 2.45) is 0 Å². The van der Waals surface area contributed by atoms with E-state index in [1.165, 1.54) is 0 Å². The fraction of sp³-hybridized carbons (Fsp3) is 0.333. The highest BCUT2D eigenvalue weighted by molar-refractivity contribution is 5.88. The minimum absolute atomic E-state index is 0.0531. The van der Waals surface area contributed by atoms with Crippen LogP contribution in [0.3, 0.4) is 0 Å². The standard InChI is InChI=1S/C12H13NO2/c1-3-12(14)11(8-13)9-4-6-10(15-2)7-5-9/h4-7,11H,3H2,1-2H3/t11-/m0/s1. The number of Topliss-reactive ketones (excluding diaryl/α,β-unsaturated/α-hetero) is 1. The lowest BCUT2D eigenvalue weighted by Crippen LogP contribution is -2.09. The minimum Gasteiger partial charge on any atom is -0.497 e. The van der Waals surface area contributed by atoms with Crippen molar-refractivity contribution in [1.29, 1.82) is 5.26 Å². The molecule has 0 radical (unpaired) electrons. The number of benzene rings is 1. The van der Waals surface area contributed by atoms with Gasteiger partial charge in [-0.15, -0.1) is 0 Å². The molecular weight excluding hydrogens is 190 g/mol. The number of nitrogens with zero attached hydrogens (tertiary/aromatic N) is 1. The Bertz CT molecular complexity index is 376. The number of hydrogen-bond acceptors (Lipinski definition) is 3. The summed E-state index contributed by atoms with van der Waals surface area (Å²) in [6, 6.07) is 9.02. The summed E-state index contributed by atoms with van der Waals surface area (Å²) < 4.78 is 5.00. The first-order chi connectivity index (χ1) is 7.22. The molecule has 0 amide bonds. The van der Waals surface area contributed by atoms with E-state index in [-0.39, 0.29) is 5.78 Å². The predicted octanol–water partition coefficient (Wildman–Crippen LogP) is 2.28. The molecule has 0 heterocycles. The fourth-order valence-corrected chi connectivity index (χ4v) is 1.33. The summed E-state index contributed by atoms with van der Waals surface area (Å²) >= 11 is 0. The van der Waals surface area contributed by atoms with Crippen molar-refractivity contribution >= 4 is 5.78 Å². The average Bonchev–Trinajstić information content (AvgIpc) is 2.30. The van der Waals surface area contributed by atoms with Crippen LogP contribution >= 0.6 is 0 Å². The van der Waals surface area contributed by atoms with E-state index in [0.29, 0.717) is 6.42 Å². The molecule has 0 fully saturated rings. The summed E-state index contributed by atoms with van der Waals surface area (Å²) in [5.41, 5.74) is 0.727. The van der Waals surface area contributed by atoms with Gasteiger partial charge in [0.1, 0.15) is 11.7 Å². The highest BCUT2D eigenvalue weighted by atomic mass is 16.5. The molecule has 15 heavy (non-hydrogen) atoms. The van der Waals surface area contributed by atoms with Gasteiger partial charge in [-0.1, -0.05) is 19.1 Å². The lowest BCUT2D eigenvalue weighted by molar-refractivity contribution is -0.119. The van der Waals surface area contributed by atoms with Crippen LogP contribution < -0.4 is 4.74 Å². The lowest BCUT2D eigenvalue weighted by Gasteiger charge is -2.07. The van der Waals surface area contributed by atoms with Crippen LogP contribution in [0.5, 0.6) is 5.75 Å². The number of methoxy groups -OCH3 is 1. The monoisotopic (exact) mass is 203 g/mol. The van der Waals surface area contributed by atoms with Crippen molar-refractivity contribution in [2.45, 2.75) is 19.3 Å². The lowest BCUT2D eigenvalue weighted by atomic mass is 9.95. The molecule has 0 bridgehead atoms. The first kappa shape index (κ1) is 11.3. The van der Waals surface area contributed by atoms with Gasteiger partial charge in [0.2, 0.25) is 0 Å². The first-order valence-corrected chi connectivity index (χ1v) is 4.79. The predicted molar refractivity (Wildman–Crippen MR) is 56.6 cm³/mol. The van der Waals surface area contributed by atoms with Crippen LogP contribution in [-0.2, 0) is 4.79 Å². The van der Waals surface area contributed by atoms with Gasteiger partial charge < -0.3 is 4.74 Å². The van der Waals surface area contributed by atoms with Gasteiger partial charge >= 0.3 is 0 Å². The SMILES string of the molecule is CCC(=O)[C@@H](C#N)c1ccc(OC)cc1. The molecule has 0 aliphatic heterocycles. The minimum atomic E-state index is -0.652. The number of carbonyl (C=O) groups is 1. The van der Waals surface area contributed by atoms with Crippen LogP contribution in [-0.4, -0.2) is 12.9 Å². The van der Waals surface area contributed by atoms with Crippen molar-refractivity contribution in [3.63, 3.8) is 0 Å². The zero-order valence-corrected chi connectivity index (χ0v) is 8.86. The van der Waals surface area contributed by atoms with E-state index >= 15 is 0 Å². The first-order valence-electron chi connectivity index (χ1n) is 4.79. The van der Waals surface area contributed by atoms with E-state index in [1.807, 2.05) is 6.07 Å². The normalized spacial score (nSPS) is 11.5. The molecule has 1 aromatic carbocycles. The summed E-state index contributed by atoms with van der Waals surface area (Å²) in [5, 5.41) is 8.91. The van der Waals surface area contributed by atoms with Gasteiger partial charge in [-0.2, -0.15) is 5.26 Å². The molecule has 1 aromatic rings. The molecule has 0 aromatic heterocycles. The second kappa shape index (κ2) is 5.16. The molecule has 0 N–H and O–H groups in total. The third kappa shape index (κ3) is 2.57. The maximum Gasteiger partial charge on any atom is 0.154 e. The van der Waals surface area contributed by atoms with E-state index < -0.39 is 5.92 Å². The Balaban J connectivity index is 2.94. The van der Waals surface area contributed by atoms with Gasteiger partial charge in [0, 0.05) is 6.42 Å². The Hall–Kier alpha value is -1.82. The van der Waals surface area contributed by atoms with Gasteiger partial charge in [0.15, 0.2) is 5.78 Å². The Morgan fingerprint density at radius 2 is 2.07 bits per heavy atom. The molecule has 0 aliphatic carbocycles. The second-order valence-electron chi connectivity index (χ2n) is 3.16. The molecule has 0 saturated heterocycles. The quantitative estimate of drug-likeness (QED) is 0.754. The number of hydrogen-bond donors (Lipinski definition) is 0. The molecule has 0 saturated carbocycles. The van der Waals surface area contributed by atoms with E-state index in [2.05, 4.69) is 0 Å². The van der Waals surface area contributed by atoms with Crippen LogP contribution in [0.15, 0.2) is 24.3 Å². The van der Waals surface area contributed by atoms with Gasteiger partial charge in [-0.05, 0) is 17.7 Å². The number of carbonyl (C=O) groups excluding carboxylic acids is 1. The van der Waals surface area contributed by atoms with Gasteiger partial charge in [0.25, 0.3) is 0 Å². The summed E-state index contributed by atoms with van der Waals surface area (Å²) in [4.78, 5) is 11.4. The highest BCUT2D eigenvalue weighted by Gasteiger charge is 2.17. The zero-order chi connectivity index (χ0) is 11.3. The molecule has 1 rings (SSSR count). The van der Waals surface area contributed by atoms with Crippen LogP contribution in [0.25, 0.3) is 0 Å². The van der Waals surface area contributed by atoms with Crippen molar-refractivity contribution in [1.82, 2.24) is 0 Å². The molecule has 0 aliphatic rings. The maximum absolute atomic E-state index is 11.4. The topological polar surface area (TPSA) is 50.1 Å². The van der Waals surface area contributed by atoms with Crippen molar-refractivity contribution in [3.8, 4) is 11.8 Å². The number of ketones is 1. The number of ether oxygens (including phenoxy) is 1. The zero-order valence-electron chi connectivity index (χ0n) is 8.86. The molecule has 3 heteroatoms. The smallest absolute Gasteiger partial charge is 0.154 e. The summed E-state index contributed by atoms with van der Waals surface area (Å²) in [5.74, 6) is 0.0166. The maximum atomic E-state index is 11.4. The fourth-order valence-electron chi connectivity index (χ4n) is 1.33. The molecular formula is C12H13NO2. The number of rotatable bonds is 4. The van der Waals surface area contributed by atoms with E-state index in [4.69, 9.17) is 10.00 Å². The van der Waals surface area contributed by atoms with Crippen LogP contribution in [0.4, 0.5) is 0 Å². The van der Waals surface area contributed by atoms with Crippen molar-refractivity contribution in [3.05, 3.63) is 29.8 Å². The van der Waals surface area contributed by atoms with E-state index in [9.17, 15) is 4.79 Å². The van der Waals surface area contributed by atoms with Crippen molar-refractivity contribution in [2.75, 3.05) is 7.11 Å². The second-order valence-corrected chi connectivity index (χ2v) is 3.16. The Morgan fingerprint density at radius 3 is 2.47 bits per heavy atom. The molecule has 1 atom stereocenters. The summed E-state index contributed by atoms with van der Waals surface area (Å²) in [6.07, 6.45) is 0.379. The Morgan fingerprint density at radius 1 is 1.47 bits per heavy atom. The third-order valence-electron chi connectivity index (χ3n) is 2.25. The number of nitriles is 1. The van der Waals surface area contributed by atoms with Crippen molar-refractivity contribution < 1.29 is 9.53 Å². The average molecular weight is 203 g/mol. The van der Waals surface area contributed by atoms with Crippen LogP contribution in [0, 0.1) is 11.3 Å². The summed E-state index contributed by atoms with van der Waals surface area (Å²) in [7, 11) is 1.58. The van der Waals surface area contributed by atoms with Crippen LogP contribution in [0.1, 0.15) is 24.8 Å². The van der Waals surface area contributed by atoms with Gasteiger partial charge in [0.05, 0.1) is 13.2 Å². The van der Waals surface area contributed by atoms with E-state index in [1.54, 1.807) is 38.3 Å². The Kier molecular flexibility index (Phi) is 3.87. The Labute approximate surface area is 89.3 Å². The third-order valence-corrected chi connectivity index (χ3v) is 2.25. The van der Waals surface area contributed by atoms with E-state index in [0.717, 1.165) is 11.3 Å².